The number of ether oxygens (including phenoxy) is 1. The van der Waals surface area contributed by atoms with Gasteiger partial charge >= 0.3 is 0 Å². The maximum atomic E-state index is 13.7. The van der Waals surface area contributed by atoms with Crippen molar-refractivity contribution in [2.24, 2.45) is 0 Å². The molecule has 1 saturated heterocycles. The van der Waals surface area contributed by atoms with E-state index >= 15 is 0 Å². The van der Waals surface area contributed by atoms with Crippen molar-refractivity contribution in [2.75, 3.05) is 20.2 Å². The van der Waals surface area contributed by atoms with Crippen molar-refractivity contribution >= 4 is 5.91 Å². The lowest BCUT2D eigenvalue weighted by molar-refractivity contribution is -0.135. The summed E-state index contributed by atoms with van der Waals surface area (Å²) >= 11 is 0. The van der Waals surface area contributed by atoms with Crippen LogP contribution < -0.4 is 4.74 Å². The molecule has 0 spiro atoms. The highest BCUT2D eigenvalue weighted by atomic mass is 16.5. The van der Waals surface area contributed by atoms with Crippen molar-refractivity contribution < 1.29 is 9.53 Å². The summed E-state index contributed by atoms with van der Waals surface area (Å²) in [7, 11) is 1.66. The van der Waals surface area contributed by atoms with Gasteiger partial charge in [-0.1, -0.05) is 12.1 Å². The minimum absolute atomic E-state index is 0.198. The maximum absolute atomic E-state index is 13.7. The fraction of sp³-hybridized carbons (Fsp3) is 0.385. The fourth-order valence-electron chi connectivity index (χ4n) is 4.90. The Morgan fingerprint density at radius 3 is 2.56 bits per heavy atom. The number of hydrogen-bond acceptors (Lipinski definition) is 5. The summed E-state index contributed by atoms with van der Waals surface area (Å²) in [6.07, 6.45) is 9.32. The Bertz CT molecular complexity index is 1110. The molecule has 1 unspecified atom stereocenters. The second kappa shape index (κ2) is 8.34. The standard InChI is InChI=1S/C26H28N4O2/c1-18-28-16-23(19-9-13-27-14-10-19)24(29-18)20-4-3-15-30(17-20)25(31)26(11-12-26)21-5-7-22(32-2)8-6-21/h5-10,13-14,16,20H,3-4,11-12,15,17H2,1-2H3. The molecule has 6 nitrogen and oxygen atoms in total. The molecule has 5 rings (SSSR count). The van der Waals surface area contributed by atoms with Crippen molar-refractivity contribution in [3.63, 3.8) is 0 Å². The van der Waals surface area contributed by atoms with Crippen LogP contribution in [-0.2, 0) is 10.2 Å². The van der Waals surface area contributed by atoms with Gasteiger partial charge in [-0.25, -0.2) is 9.97 Å². The first-order chi connectivity index (χ1) is 15.6. The number of likely N-dealkylation sites (tertiary alicyclic amines) is 1. The molecule has 6 heteroatoms. The predicted octanol–water partition coefficient (Wildman–Crippen LogP) is 4.29. The zero-order chi connectivity index (χ0) is 22.1. The molecule has 1 aliphatic heterocycles. The zero-order valence-electron chi connectivity index (χ0n) is 18.6. The van der Waals surface area contributed by atoms with Crippen molar-refractivity contribution in [1.82, 2.24) is 19.9 Å². The fourth-order valence-corrected chi connectivity index (χ4v) is 4.90. The lowest BCUT2D eigenvalue weighted by atomic mass is 9.88. The molecule has 0 bridgehead atoms. The third kappa shape index (κ3) is 3.74. The highest BCUT2D eigenvalue weighted by molar-refractivity contribution is 5.91. The van der Waals surface area contributed by atoms with E-state index in [9.17, 15) is 4.79 Å². The summed E-state index contributed by atoms with van der Waals surface area (Å²) in [6, 6.07) is 12.0. The van der Waals surface area contributed by atoms with Gasteiger partial charge in [0.1, 0.15) is 11.6 Å². The Hall–Kier alpha value is -3.28. The molecule has 1 amide bonds. The van der Waals surface area contributed by atoms with Crippen LogP contribution in [0.1, 0.15) is 48.7 Å². The molecule has 1 saturated carbocycles. The first-order valence-electron chi connectivity index (χ1n) is 11.3. The van der Waals surface area contributed by atoms with E-state index < -0.39 is 0 Å². The summed E-state index contributed by atoms with van der Waals surface area (Å²) in [4.78, 5) is 29.2. The summed E-state index contributed by atoms with van der Waals surface area (Å²) in [5, 5.41) is 0. The van der Waals surface area contributed by atoms with Gasteiger partial charge in [0, 0.05) is 43.2 Å². The molecule has 3 heterocycles. The topological polar surface area (TPSA) is 68.2 Å². The van der Waals surface area contributed by atoms with E-state index in [1.807, 2.05) is 49.5 Å². The number of amides is 1. The molecule has 1 atom stereocenters. The van der Waals surface area contributed by atoms with Crippen LogP contribution in [0.25, 0.3) is 11.1 Å². The summed E-state index contributed by atoms with van der Waals surface area (Å²) in [6.45, 7) is 3.43. The molecule has 1 aromatic carbocycles. The minimum Gasteiger partial charge on any atom is -0.497 e. The Labute approximate surface area is 188 Å². The van der Waals surface area contributed by atoms with Gasteiger partial charge in [0.25, 0.3) is 0 Å². The summed E-state index contributed by atoms with van der Waals surface area (Å²) in [5.74, 6) is 2.03. The van der Waals surface area contributed by atoms with Crippen LogP contribution in [-0.4, -0.2) is 46.0 Å². The number of hydrogen-bond donors (Lipinski definition) is 0. The highest BCUT2D eigenvalue weighted by Crippen LogP contribution is 2.50. The molecule has 0 N–H and O–H groups in total. The first-order valence-corrected chi connectivity index (χ1v) is 11.3. The third-order valence-electron chi connectivity index (χ3n) is 6.83. The molecule has 0 radical (unpaired) electrons. The number of carbonyl (C=O) groups excluding carboxylic acids is 1. The smallest absolute Gasteiger partial charge is 0.233 e. The third-order valence-corrected chi connectivity index (χ3v) is 6.83. The van der Waals surface area contributed by atoms with Crippen molar-refractivity contribution in [1.29, 1.82) is 0 Å². The van der Waals surface area contributed by atoms with E-state index in [1.165, 1.54) is 0 Å². The largest absolute Gasteiger partial charge is 0.497 e. The van der Waals surface area contributed by atoms with Gasteiger partial charge in [-0.05, 0) is 68.0 Å². The van der Waals surface area contributed by atoms with Gasteiger partial charge in [-0.3, -0.25) is 9.78 Å². The molecular formula is C26H28N4O2. The second-order valence-corrected chi connectivity index (χ2v) is 8.85. The van der Waals surface area contributed by atoms with E-state index in [2.05, 4.69) is 14.9 Å². The Morgan fingerprint density at radius 1 is 1.12 bits per heavy atom. The number of rotatable bonds is 5. The van der Waals surface area contributed by atoms with E-state index in [0.29, 0.717) is 6.54 Å². The van der Waals surface area contributed by atoms with Crippen molar-refractivity contribution in [3.8, 4) is 16.9 Å². The molecule has 3 aromatic rings. The van der Waals surface area contributed by atoms with E-state index in [-0.39, 0.29) is 17.2 Å². The lowest BCUT2D eigenvalue weighted by Crippen LogP contribution is -2.44. The maximum Gasteiger partial charge on any atom is 0.233 e. The zero-order valence-corrected chi connectivity index (χ0v) is 18.6. The van der Waals surface area contributed by atoms with Crippen LogP contribution in [0.4, 0.5) is 0 Å². The number of methoxy groups -OCH3 is 1. The van der Waals surface area contributed by atoms with Gasteiger partial charge in [0.15, 0.2) is 0 Å². The monoisotopic (exact) mass is 428 g/mol. The Balaban J connectivity index is 1.41. The van der Waals surface area contributed by atoms with Crippen LogP contribution >= 0.6 is 0 Å². The van der Waals surface area contributed by atoms with Gasteiger partial charge in [-0.15, -0.1) is 0 Å². The molecule has 2 aromatic heterocycles. The molecule has 32 heavy (non-hydrogen) atoms. The first kappa shape index (κ1) is 20.6. The van der Waals surface area contributed by atoms with E-state index in [0.717, 1.165) is 66.2 Å². The van der Waals surface area contributed by atoms with Crippen LogP contribution in [0.15, 0.2) is 55.0 Å². The van der Waals surface area contributed by atoms with Gasteiger partial charge in [0.2, 0.25) is 5.91 Å². The van der Waals surface area contributed by atoms with Crippen molar-refractivity contribution in [3.05, 3.63) is 72.1 Å². The average Bonchev–Trinajstić information content (AvgIpc) is 3.66. The van der Waals surface area contributed by atoms with Crippen LogP contribution in [0.3, 0.4) is 0 Å². The molecule has 164 valence electrons. The quantitative estimate of drug-likeness (QED) is 0.606. The average molecular weight is 429 g/mol. The van der Waals surface area contributed by atoms with E-state index in [1.54, 1.807) is 19.5 Å². The van der Waals surface area contributed by atoms with Crippen LogP contribution in [0, 0.1) is 6.92 Å². The molecule has 1 aliphatic carbocycles. The number of carbonyl (C=O) groups is 1. The molecule has 2 fully saturated rings. The Kier molecular flexibility index (Phi) is 5.37. The molecule has 2 aliphatic rings. The normalized spacial score (nSPS) is 19.4. The van der Waals surface area contributed by atoms with Crippen LogP contribution in [0.5, 0.6) is 5.75 Å². The number of aryl methyl sites for hydroxylation is 1. The second-order valence-electron chi connectivity index (χ2n) is 8.85. The van der Waals surface area contributed by atoms with Crippen LogP contribution in [0.2, 0.25) is 0 Å². The SMILES string of the molecule is COc1ccc(C2(C(=O)N3CCCC(c4nc(C)ncc4-c4ccncc4)C3)CC2)cc1. The molecular weight excluding hydrogens is 400 g/mol. The summed E-state index contributed by atoms with van der Waals surface area (Å²) < 4.78 is 5.29. The number of piperidine rings is 1. The van der Waals surface area contributed by atoms with E-state index in [4.69, 9.17) is 9.72 Å². The predicted molar refractivity (Wildman–Crippen MR) is 122 cm³/mol. The lowest BCUT2D eigenvalue weighted by Gasteiger charge is -2.35. The number of aromatic nitrogens is 3. The number of pyridine rings is 1. The Morgan fingerprint density at radius 2 is 1.88 bits per heavy atom. The van der Waals surface area contributed by atoms with Gasteiger partial charge in [0.05, 0.1) is 18.2 Å². The highest BCUT2D eigenvalue weighted by Gasteiger charge is 2.53. The van der Waals surface area contributed by atoms with Gasteiger partial charge in [-0.2, -0.15) is 0 Å². The number of benzene rings is 1. The van der Waals surface area contributed by atoms with Crippen molar-refractivity contribution in [2.45, 2.75) is 43.9 Å². The minimum atomic E-state index is -0.371. The number of nitrogens with zero attached hydrogens (tertiary/aromatic N) is 4. The van der Waals surface area contributed by atoms with Gasteiger partial charge < -0.3 is 9.64 Å². The summed E-state index contributed by atoms with van der Waals surface area (Å²) in [5.41, 5.74) is 3.86.